The Morgan fingerprint density at radius 3 is 0.875 bits per heavy atom. The minimum atomic E-state index is -2.71. The van der Waals surface area contributed by atoms with Crippen LogP contribution in [0.15, 0.2) is 0 Å². The van der Waals surface area contributed by atoms with Crippen LogP contribution in [0.3, 0.4) is 0 Å². The third kappa shape index (κ3) is 13.7. The Balaban J connectivity index is 3.45. The van der Waals surface area contributed by atoms with Gasteiger partial charge in [-0.2, -0.15) is 0 Å². The van der Waals surface area contributed by atoms with E-state index in [-0.39, 0.29) is 6.42 Å². The summed E-state index contributed by atoms with van der Waals surface area (Å²) in [6.45, 7) is 2.26. The first kappa shape index (κ1) is 30.4. The van der Waals surface area contributed by atoms with Gasteiger partial charge in [0.25, 0.3) is 5.41 Å². The number of carboxylic acids is 3. The van der Waals surface area contributed by atoms with Gasteiger partial charge in [0.15, 0.2) is 0 Å². The fraction of sp³-hybridized carbons (Fsp3) is 0.885. The topological polar surface area (TPSA) is 112 Å². The van der Waals surface area contributed by atoms with E-state index in [0.717, 1.165) is 19.3 Å². The zero-order chi connectivity index (χ0) is 24.1. The van der Waals surface area contributed by atoms with Gasteiger partial charge in [0.1, 0.15) is 0 Å². The van der Waals surface area contributed by atoms with Crippen LogP contribution in [0.4, 0.5) is 0 Å². The summed E-state index contributed by atoms with van der Waals surface area (Å²) >= 11 is 0. The highest BCUT2D eigenvalue weighted by atomic mass is 16.4. The van der Waals surface area contributed by atoms with E-state index in [4.69, 9.17) is 15.3 Å². The second-order valence-corrected chi connectivity index (χ2v) is 9.29. The minimum Gasteiger partial charge on any atom is -0.480 e. The van der Waals surface area contributed by atoms with E-state index in [2.05, 4.69) is 6.92 Å². The third-order valence-electron chi connectivity index (χ3n) is 6.50. The van der Waals surface area contributed by atoms with Crippen LogP contribution in [0.25, 0.3) is 0 Å². The zero-order valence-electron chi connectivity index (χ0n) is 20.4. The number of carbonyl (C=O) groups is 3. The van der Waals surface area contributed by atoms with Crippen molar-refractivity contribution in [1.29, 1.82) is 0 Å². The maximum Gasteiger partial charge on any atom is 0.332 e. The summed E-state index contributed by atoms with van der Waals surface area (Å²) in [5.41, 5.74) is -2.71. The summed E-state index contributed by atoms with van der Waals surface area (Å²) in [6, 6.07) is 0. The third-order valence-corrected chi connectivity index (χ3v) is 6.50. The Labute approximate surface area is 195 Å². The number of hydrogen-bond acceptors (Lipinski definition) is 3. The molecule has 6 nitrogen and oxygen atoms in total. The van der Waals surface area contributed by atoms with Crippen LogP contribution >= 0.6 is 0 Å². The van der Waals surface area contributed by atoms with Crippen LogP contribution in [-0.4, -0.2) is 33.2 Å². The van der Waals surface area contributed by atoms with Crippen molar-refractivity contribution in [2.75, 3.05) is 0 Å². The van der Waals surface area contributed by atoms with Gasteiger partial charge in [-0.25, -0.2) is 0 Å². The highest BCUT2D eigenvalue weighted by Gasteiger charge is 2.53. The largest absolute Gasteiger partial charge is 0.480 e. The SMILES string of the molecule is CCCCCCCCCCCCCCCCCCCCCCC(C(=O)O)(C(=O)O)C(=O)O. The molecule has 0 bridgehead atoms. The van der Waals surface area contributed by atoms with Crippen molar-refractivity contribution in [2.45, 2.75) is 142 Å². The number of aliphatic carboxylic acids is 3. The lowest BCUT2D eigenvalue weighted by Crippen LogP contribution is -2.46. The quantitative estimate of drug-likeness (QED) is 0.103. The molecule has 0 rings (SSSR count). The first-order chi connectivity index (χ1) is 15.4. The molecule has 0 aliphatic rings. The standard InChI is InChI=1S/C26H48O6/c1-2-3-4-5-6-7-8-9-10-11-12-13-14-15-16-17-18-19-20-21-22-26(23(27)28,24(29)30)25(31)32/h2-22H2,1H3,(H,27,28)(H,29,30)(H,31,32). The van der Waals surface area contributed by atoms with Crippen molar-refractivity contribution in [3.8, 4) is 0 Å². The Morgan fingerprint density at radius 1 is 0.438 bits per heavy atom. The van der Waals surface area contributed by atoms with Crippen LogP contribution in [-0.2, 0) is 14.4 Å². The number of hydrogen-bond donors (Lipinski definition) is 3. The van der Waals surface area contributed by atoms with Gasteiger partial charge in [0.2, 0.25) is 0 Å². The molecular weight excluding hydrogens is 408 g/mol. The average Bonchev–Trinajstić information content (AvgIpc) is 2.74. The van der Waals surface area contributed by atoms with Gasteiger partial charge in [-0.3, -0.25) is 14.4 Å². The van der Waals surface area contributed by atoms with Crippen molar-refractivity contribution in [1.82, 2.24) is 0 Å². The second-order valence-electron chi connectivity index (χ2n) is 9.29. The van der Waals surface area contributed by atoms with Crippen LogP contribution < -0.4 is 0 Å². The van der Waals surface area contributed by atoms with E-state index in [1.165, 1.54) is 96.3 Å². The molecule has 0 radical (unpaired) electrons. The van der Waals surface area contributed by atoms with E-state index in [9.17, 15) is 14.4 Å². The summed E-state index contributed by atoms with van der Waals surface area (Å²) < 4.78 is 0. The Bertz CT molecular complexity index is 467. The molecule has 0 heterocycles. The summed E-state index contributed by atoms with van der Waals surface area (Å²) in [5, 5.41) is 27.2. The molecule has 32 heavy (non-hydrogen) atoms. The van der Waals surface area contributed by atoms with Crippen LogP contribution in [0.2, 0.25) is 0 Å². The van der Waals surface area contributed by atoms with Gasteiger partial charge >= 0.3 is 17.9 Å². The summed E-state index contributed by atoms with van der Waals surface area (Å²) in [4.78, 5) is 33.5. The molecule has 0 amide bonds. The smallest absolute Gasteiger partial charge is 0.332 e. The average molecular weight is 457 g/mol. The van der Waals surface area contributed by atoms with Crippen molar-refractivity contribution in [3.05, 3.63) is 0 Å². The summed E-state index contributed by atoms with van der Waals surface area (Å²) in [6.07, 6.45) is 23.9. The highest BCUT2D eigenvalue weighted by Crippen LogP contribution is 2.27. The van der Waals surface area contributed by atoms with E-state index in [1.807, 2.05) is 0 Å². The highest BCUT2D eigenvalue weighted by molar-refractivity contribution is 6.16. The number of rotatable bonds is 24. The molecule has 0 saturated carbocycles. The molecule has 188 valence electrons. The molecule has 0 saturated heterocycles. The predicted molar refractivity (Wildman–Crippen MR) is 128 cm³/mol. The van der Waals surface area contributed by atoms with Gasteiger partial charge in [-0.05, 0) is 6.42 Å². The van der Waals surface area contributed by atoms with E-state index < -0.39 is 23.3 Å². The van der Waals surface area contributed by atoms with Crippen molar-refractivity contribution in [3.63, 3.8) is 0 Å². The molecule has 0 aromatic carbocycles. The Hall–Kier alpha value is -1.59. The fourth-order valence-corrected chi connectivity index (χ4v) is 4.24. The molecule has 0 aromatic rings. The van der Waals surface area contributed by atoms with Gasteiger partial charge in [0, 0.05) is 0 Å². The molecule has 0 fully saturated rings. The molecule has 0 atom stereocenters. The lowest BCUT2D eigenvalue weighted by molar-refractivity contribution is -0.176. The Morgan fingerprint density at radius 2 is 0.656 bits per heavy atom. The van der Waals surface area contributed by atoms with E-state index in [1.54, 1.807) is 0 Å². The van der Waals surface area contributed by atoms with Crippen LogP contribution in [0.1, 0.15) is 142 Å². The van der Waals surface area contributed by atoms with Gasteiger partial charge in [-0.1, -0.05) is 135 Å². The van der Waals surface area contributed by atoms with Gasteiger partial charge < -0.3 is 15.3 Å². The predicted octanol–water partition coefficient (Wildman–Crippen LogP) is 7.44. The maximum absolute atomic E-state index is 11.2. The van der Waals surface area contributed by atoms with Crippen molar-refractivity contribution >= 4 is 17.9 Å². The molecule has 0 aliphatic carbocycles. The lowest BCUT2D eigenvalue weighted by Gasteiger charge is -2.19. The molecule has 6 heteroatoms. The van der Waals surface area contributed by atoms with Crippen LogP contribution in [0.5, 0.6) is 0 Å². The second kappa shape index (κ2) is 20.0. The van der Waals surface area contributed by atoms with Gasteiger partial charge in [-0.15, -0.1) is 0 Å². The van der Waals surface area contributed by atoms with Gasteiger partial charge in [0.05, 0.1) is 0 Å². The normalized spacial score (nSPS) is 11.5. The lowest BCUT2D eigenvalue weighted by atomic mass is 9.82. The fourth-order valence-electron chi connectivity index (χ4n) is 4.24. The molecule has 0 unspecified atom stereocenters. The zero-order valence-corrected chi connectivity index (χ0v) is 20.4. The number of carboxylic acid groups (broad SMARTS) is 3. The Kier molecular flexibility index (Phi) is 19.1. The van der Waals surface area contributed by atoms with Crippen LogP contribution in [0, 0.1) is 5.41 Å². The number of unbranched alkanes of at least 4 members (excludes halogenated alkanes) is 19. The van der Waals surface area contributed by atoms with Crippen molar-refractivity contribution in [2.24, 2.45) is 5.41 Å². The maximum atomic E-state index is 11.2. The first-order valence-corrected chi connectivity index (χ1v) is 13.1. The molecule has 0 aliphatic heterocycles. The summed E-state index contributed by atoms with van der Waals surface area (Å²) in [7, 11) is 0. The monoisotopic (exact) mass is 456 g/mol. The minimum absolute atomic E-state index is 0.295. The summed E-state index contributed by atoms with van der Waals surface area (Å²) in [5.74, 6) is -5.39. The van der Waals surface area contributed by atoms with Crippen molar-refractivity contribution < 1.29 is 29.7 Å². The van der Waals surface area contributed by atoms with E-state index in [0.29, 0.717) is 12.8 Å². The van der Waals surface area contributed by atoms with E-state index >= 15 is 0 Å². The molecule has 0 spiro atoms. The first-order valence-electron chi connectivity index (χ1n) is 13.1. The molecular formula is C26H48O6. The molecule has 0 aromatic heterocycles. The molecule has 3 N–H and O–H groups in total.